The molecule has 2 aliphatic heterocycles. The highest BCUT2D eigenvalue weighted by molar-refractivity contribution is 5.87. The van der Waals surface area contributed by atoms with Gasteiger partial charge in [-0.15, -0.1) is 0 Å². The summed E-state index contributed by atoms with van der Waals surface area (Å²) >= 11 is 0. The summed E-state index contributed by atoms with van der Waals surface area (Å²) in [5.41, 5.74) is 2.81. The molecule has 1 N–H and O–H groups in total. The molecule has 2 saturated heterocycles. The molecule has 2 aliphatic rings. The molecule has 7 nitrogen and oxygen atoms in total. The SMILES string of the molecule is c1ccc2nc(N3C4CCC3CN(c3ncnc5[nH]ccc35)C4)cnc2c1. The van der Waals surface area contributed by atoms with Gasteiger partial charge in [-0.1, -0.05) is 12.1 Å². The highest BCUT2D eigenvalue weighted by atomic mass is 15.4. The van der Waals surface area contributed by atoms with Crippen LogP contribution in [0.1, 0.15) is 12.8 Å². The molecule has 0 radical (unpaired) electrons. The third kappa shape index (κ3) is 2.27. The molecular weight excluding hydrogens is 338 g/mol. The zero-order valence-electron chi connectivity index (χ0n) is 14.8. The Balaban J connectivity index is 1.34. The lowest BCUT2D eigenvalue weighted by atomic mass is 10.1. The van der Waals surface area contributed by atoms with E-state index in [0.717, 1.165) is 46.8 Å². The van der Waals surface area contributed by atoms with Crippen molar-refractivity contribution in [2.24, 2.45) is 0 Å². The van der Waals surface area contributed by atoms with E-state index in [-0.39, 0.29) is 0 Å². The van der Waals surface area contributed by atoms with Crippen LogP contribution < -0.4 is 9.80 Å². The molecule has 2 unspecified atom stereocenters. The van der Waals surface area contributed by atoms with Crippen LogP contribution in [-0.2, 0) is 0 Å². The largest absolute Gasteiger partial charge is 0.352 e. The third-order valence-corrected chi connectivity index (χ3v) is 5.82. The van der Waals surface area contributed by atoms with Crippen LogP contribution in [0.3, 0.4) is 0 Å². The Morgan fingerprint density at radius 1 is 0.926 bits per heavy atom. The number of anilines is 2. The number of H-pyrrole nitrogens is 1. The Hall–Kier alpha value is -3.22. The van der Waals surface area contributed by atoms with Crippen molar-refractivity contribution in [1.29, 1.82) is 0 Å². The second kappa shape index (κ2) is 5.64. The van der Waals surface area contributed by atoms with E-state index < -0.39 is 0 Å². The second-order valence-electron chi connectivity index (χ2n) is 7.35. The normalized spacial score (nSPS) is 22.1. The zero-order valence-corrected chi connectivity index (χ0v) is 14.8. The second-order valence-corrected chi connectivity index (χ2v) is 7.35. The standard InChI is InChI=1S/C20H19N7/c1-2-4-17-16(3-1)22-9-18(25-17)27-13-5-6-14(27)11-26(10-13)20-15-7-8-21-19(15)23-12-24-20/h1-4,7-9,12-14H,5-6,10-11H2,(H,21,23,24). The number of para-hydroxylation sites is 2. The summed E-state index contributed by atoms with van der Waals surface area (Å²) < 4.78 is 0. The molecule has 7 heteroatoms. The number of piperazine rings is 1. The van der Waals surface area contributed by atoms with Crippen molar-refractivity contribution >= 4 is 33.7 Å². The first-order valence-corrected chi connectivity index (χ1v) is 9.40. The number of hydrogen-bond acceptors (Lipinski definition) is 6. The van der Waals surface area contributed by atoms with Crippen molar-refractivity contribution in [2.75, 3.05) is 22.9 Å². The van der Waals surface area contributed by atoms with Crippen LogP contribution in [0.25, 0.3) is 22.1 Å². The van der Waals surface area contributed by atoms with E-state index in [2.05, 4.69) is 35.8 Å². The van der Waals surface area contributed by atoms with Gasteiger partial charge in [0.15, 0.2) is 0 Å². The number of nitrogens with zero attached hydrogens (tertiary/aromatic N) is 6. The minimum atomic E-state index is 0.433. The van der Waals surface area contributed by atoms with Gasteiger partial charge in [0.25, 0.3) is 0 Å². The highest BCUT2D eigenvalue weighted by Gasteiger charge is 2.41. The Morgan fingerprint density at radius 2 is 1.74 bits per heavy atom. The Morgan fingerprint density at radius 3 is 2.59 bits per heavy atom. The van der Waals surface area contributed by atoms with Crippen molar-refractivity contribution in [3.63, 3.8) is 0 Å². The number of aromatic nitrogens is 5. The summed E-state index contributed by atoms with van der Waals surface area (Å²) in [5, 5.41) is 1.09. The smallest absolute Gasteiger partial charge is 0.148 e. The van der Waals surface area contributed by atoms with Gasteiger partial charge in [0.1, 0.15) is 23.6 Å². The van der Waals surface area contributed by atoms with Crippen LogP contribution in [0.15, 0.2) is 49.1 Å². The fourth-order valence-corrected chi connectivity index (χ4v) is 4.63. The summed E-state index contributed by atoms with van der Waals surface area (Å²) in [6.07, 6.45) is 7.86. The monoisotopic (exact) mass is 357 g/mol. The van der Waals surface area contributed by atoms with E-state index >= 15 is 0 Å². The van der Waals surface area contributed by atoms with Gasteiger partial charge in [0, 0.05) is 31.4 Å². The van der Waals surface area contributed by atoms with Crippen molar-refractivity contribution in [3.05, 3.63) is 49.1 Å². The first-order chi connectivity index (χ1) is 13.4. The van der Waals surface area contributed by atoms with E-state index in [1.807, 2.05) is 36.7 Å². The van der Waals surface area contributed by atoms with E-state index in [0.29, 0.717) is 12.1 Å². The first kappa shape index (κ1) is 14.9. The van der Waals surface area contributed by atoms with E-state index in [4.69, 9.17) is 4.98 Å². The van der Waals surface area contributed by atoms with Gasteiger partial charge in [-0.2, -0.15) is 0 Å². The van der Waals surface area contributed by atoms with Gasteiger partial charge in [-0.25, -0.2) is 15.0 Å². The zero-order chi connectivity index (χ0) is 17.8. The molecule has 3 aromatic heterocycles. The predicted molar refractivity (Wildman–Crippen MR) is 105 cm³/mol. The average molecular weight is 357 g/mol. The van der Waals surface area contributed by atoms with Gasteiger partial charge < -0.3 is 14.8 Å². The fraction of sp³-hybridized carbons (Fsp3) is 0.300. The van der Waals surface area contributed by atoms with Crippen LogP contribution in [0.4, 0.5) is 11.6 Å². The molecule has 2 bridgehead atoms. The molecule has 0 amide bonds. The predicted octanol–water partition coefficient (Wildman–Crippen LogP) is 2.76. The molecule has 5 heterocycles. The summed E-state index contributed by atoms with van der Waals surface area (Å²) in [6.45, 7) is 1.89. The Kier molecular flexibility index (Phi) is 3.11. The van der Waals surface area contributed by atoms with Crippen molar-refractivity contribution in [2.45, 2.75) is 24.9 Å². The summed E-state index contributed by atoms with van der Waals surface area (Å²) in [4.78, 5) is 26.5. The maximum atomic E-state index is 4.89. The van der Waals surface area contributed by atoms with Crippen LogP contribution in [0.2, 0.25) is 0 Å². The van der Waals surface area contributed by atoms with Gasteiger partial charge in [0.05, 0.1) is 22.6 Å². The van der Waals surface area contributed by atoms with Gasteiger partial charge in [-0.3, -0.25) is 4.98 Å². The molecular formula is C20H19N7. The summed E-state index contributed by atoms with van der Waals surface area (Å²) in [5.74, 6) is 2.03. The lowest BCUT2D eigenvalue weighted by molar-refractivity contribution is 0.528. The molecule has 4 aromatic rings. The van der Waals surface area contributed by atoms with E-state index in [1.54, 1.807) is 6.33 Å². The van der Waals surface area contributed by atoms with Crippen molar-refractivity contribution < 1.29 is 0 Å². The molecule has 0 saturated carbocycles. The molecule has 0 aliphatic carbocycles. The number of hydrogen-bond donors (Lipinski definition) is 1. The highest BCUT2D eigenvalue weighted by Crippen LogP contribution is 2.36. The van der Waals surface area contributed by atoms with E-state index in [1.165, 1.54) is 12.8 Å². The lowest BCUT2D eigenvalue weighted by Crippen LogP contribution is -2.54. The number of fused-ring (bicyclic) bond motifs is 4. The average Bonchev–Trinajstić information content (AvgIpc) is 3.29. The lowest BCUT2D eigenvalue weighted by Gasteiger charge is -2.42. The summed E-state index contributed by atoms with van der Waals surface area (Å²) in [6, 6.07) is 11.0. The quantitative estimate of drug-likeness (QED) is 0.595. The van der Waals surface area contributed by atoms with Crippen LogP contribution in [0, 0.1) is 0 Å². The van der Waals surface area contributed by atoms with Crippen molar-refractivity contribution in [3.8, 4) is 0 Å². The van der Waals surface area contributed by atoms with Gasteiger partial charge in [0.2, 0.25) is 0 Å². The first-order valence-electron chi connectivity index (χ1n) is 9.40. The summed E-state index contributed by atoms with van der Waals surface area (Å²) in [7, 11) is 0. The molecule has 1 aromatic carbocycles. The molecule has 27 heavy (non-hydrogen) atoms. The molecule has 6 rings (SSSR count). The van der Waals surface area contributed by atoms with Crippen LogP contribution >= 0.6 is 0 Å². The molecule has 0 spiro atoms. The third-order valence-electron chi connectivity index (χ3n) is 5.82. The minimum Gasteiger partial charge on any atom is -0.352 e. The van der Waals surface area contributed by atoms with Crippen molar-refractivity contribution in [1.82, 2.24) is 24.9 Å². The Labute approximate surface area is 156 Å². The van der Waals surface area contributed by atoms with E-state index in [9.17, 15) is 0 Å². The number of nitrogens with one attached hydrogen (secondary N) is 1. The number of benzene rings is 1. The minimum absolute atomic E-state index is 0.433. The topological polar surface area (TPSA) is 73.8 Å². The van der Waals surface area contributed by atoms with Gasteiger partial charge >= 0.3 is 0 Å². The number of rotatable bonds is 2. The molecule has 2 atom stereocenters. The molecule has 134 valence electrons. The van der Waals surface area contributed by atoms with Crippen LogP contribution in [-0.4, -0.2) is 50.1 Å². The van der Waals surface area contributed by atoms with Crippen LogP contribution in [0.5, 0.6) is 0 Å². The Bertz CT molecular complexity index is 1120. The fourth-order valence-electron chi connectivity index (χ4n) is 4.63. The maximum Gasteiger partial charge on any atom is 0.148 e. The van der Waals surface area contributed by atoms with Gasteiger partial charge in [-0.05, 0) is 31.0 Å². The number of aromatic amines is 1. The maximum absolute atomic E-state index is 4.89. The molecule has 2 fully saturated rings.